The number of methoxy groups -OCH3 is 1. The highest BCUT2D eigenvalue weighted by Crippen LogP contribution is 2.51. The topological polar surface area (TPSA) is 49.7 Å². The van der Waals surface area contributed by atoms with Gasteiger partial charge in [-0.2, -0.15) is 0 Å². The molecule has 0 aliphatic rings. The lowest BCUT2D eigenvalue weighted by Gasteiger charge is -2.27. The van der Waals surface area contributed by atoms with Crippen LogP contribution in [0.3, 0.4) is 0 Å². The summed E-state index contributed by atoms with van der Waals surface area (Å²) < 4.78 is 5.57. The normalized spacial score (nSPS) is 12.7. The van der Waals surface area contributed by atoms with Gasteiger partial charge >= 0.3 is 0 Å². The van der Waals surface area contributed by atoms with Crippen molar-refractivity contribution >= 4 is 13.2 Å². The van der Waals surface area contributed by atoms with Gasteiger partial charge in [-0.1, -0.05) is 127 Å². The van der Waals surface area contributed by atoms with Gasteiger partial charge in [0.05, 0.1) is 0 Å². The van der Waals surface area contributed by atoms with Crippen molar-refractivity contribution in [3.8, 4) is 56.0 Å². The zero-order valence-electron chi connectivity index (χ0n) is 40.1. The number of phenols is 2. The summed E-state index contributed by atoms with van der Waals surface area (Å²) in [6.07, 6.45) is 1.89. The summed E-state index contributed by atoms with van der Waals surface area (Å²) in [6, 6.07) is 22.8. The van der Waals surface area contributed by atoms with Crippen LogP contribution >= 0.6 is 7.92 Å². The van der Waals surface area contributed by atoms with Crippen LogP contribution in [0.25, 0.3) is 44.5 Å². The molecule has 0 heterocycles. The Labute approximate surface area is 365 Å². The van der Waals surface area contributed by atoms with E-state index in [2.05, 4.69) is 171 Å². The number of hydrogen-bond donors (Lipinski definition) is 2. The number of benzene rings is 5. The average molecular weight is 827 g/mol. The molecule has 0 bridgehead atoms. The molecule has 0 saturated carbocycles. The number of rotatable bonds is 15. The van der Waals surface area contributed by atoms with Gasteiger partial charge in [0.15, 0.2) is 0 Å². The molecule has 4 heteroatoms. The van der Waals surface area contributed by atoms with Gasteiger partial charge in [0, 0.05) is 36.0 Å². The Morgan fingerprint density at radius 2 is 0.750 bits per heavy atom. The van der Waals surface area contributed by atoms with Crippen molar-refractivity contribution in [1.29, 1.82) is 0 Å². The molecular weight excluding hydrogens is 752 g/mol. The summed E-state index contributed by atoms with van der Waals surface area (Å²) in [5.41, 5.74) is 19.0. The first kappa shape index (κ1) is 47.1. The van der Waals surface area contributed by atoms with Crippen LogP contribution < -0.4 is 5.30 Å². The lowest BCUT2D eigenvalue weighted by molar-refractivity contribution is 0.200. The second-order valence-corrected chi connectivity index (χ2v) is 21.8. The third-order valence-corrected chi connectivity index (χ3v) is 14.6. The lowest BCUT2D eigenvalue weighted by Crippen LogP contribution is -2.13. The highest BCUT2D eigenvalue weighted by molar-refractivity contribution is 7.65. The summed E-state index contributed by atoms with van der Waals surface area (Å²) in [5, 5.41) is 26.9. The molecule has 0 aliphatic carbocycles. The van der Waals surface area contributed by atoms with Crippen LogP contribution in [-0.2, 0) is 4.74 Å². The minimum absolute atomic E-state index is 0.275. The molecule has 0 fully saturated rings. The van der Waals surface area contributed by atoms with Crippen LogP contribution in [-0.4, -0.2) is 36.8 Å². The van der Waals surface area contributed by atoms with Crippen LogP contribution in [0, 0.1) is 20.8 Å². The minimum Gasteiger partial charge on any atom is -0.507 e. The third-order valence-electron chi connectivity index (χ3n) is 12.4. The first-order chi connectivity index (χ1) is 28.2. The fourth-order valence-electron chi connectivity index (χ4n) is 9.04. The third kappa shape index (κ3) is 9.74. The molecule has 5 aromatic rings. The zero-order valence-corrected chi connectivity index (χ0v) is 41.0. The molecular formula is C56H75O3P. The fraction of sp³-hybridized carbons (Fsp3) is 0.464. The van der Waals surface area contributed by atoms with E-state index in [0.29, 0.717) is 29.9 Å². The van der Waals surface area contributed by atoms with Crippen molar-refractivity contribution in [2.24, 2.45) is 0 Å². The molecule has 0 amide bonds. The van der Waals surface area contributed by atoms with Gasteiger partial charge in [0.1, 0.15) is 11.5 Å². The van der Waals surface area contributed by atoms with Gasteiger partial charge < -0.3 is 14.9 Å². The molecule has 0 spiro atoms. The van der Waals surface area contributed by atoms with Crippen LogP contribution in [0.15, 0.2) is 60.7 Å². The molecule has 1 unspecified atom stereocenters. The van der Waals surface area contributed by atoms with Crippen molar-refractivity contribution in [3.05, 3.63) is 111 Å². The van der Waals surface area contributed by atoms with Gasteiger partial charge in [-0.15, -0.1) is 0 Å². The number of ether oxygens (including phenoxy) is 1. The Balaban J connectivity index is 1.91. The molecule has 0 aliphatic heterocycles. The van der Waals surface area contributed by atoms with E-state index < -0.39 is 7.92 Å². The first-order valence-electron chi connectivity index (χ1n) is 22.6. The Hall–Kier alpha value is -3.91. The SMILES string of the molecule is COCCCP(C)c1c(-c2cc(C)cc(-c3c(C(C)C)cc(C(C)C)cc3C(C)C)c2O)cc(C)cc1-c1cc(C)cc(-c2c(C(C)C)cc(C(C)C)cc2C(C)C)c1O. The summed E-state index contributed by atoms with van der Waals surface area (Å²) in [6.45, 7) is 36.7. The fourth-order valence-corrected chi connectivity index (χ4v) is 11.1. The molecule has 0 saturated heterocycles. The van der Waals surface area contributed by atoms with Gasteiger partial charge in [-0.25, -0.2) is 0 Å². The van der Waals surface area contributed by atoms with Crippen LogP contribution in [0.4, 0.5) is 0 Å². The Kier molecular flexibility index (Phi) is 15.3. The van der Waals surface area contributed by atoms with E-state index in [1.165, 1.54) is 38.7 Å². The van der Waals surface area contributed by atoms with Crippen molar-refractivity contribution in [2.75, 3.05) is 26.5 Å². The Morgan fingerprint density at radius 3 is 1.03 bits per heavy atom. The van der Waals surface area contributed by atoms with E-state index in [-0.39, 0.29) is 23.7 Å². The predicted octanol–water partition coefficient (Wildman–Crippen LogP) is 16.2. The Morgan fingerprint density at radius 1 is 0.450 bits per heavy atom. The summed E-state index contributed by atoms with van der Waals surface area (Å²) >= 11 is 0. The molecule has 3 nitrogen and oxygen atoms in total. The van der Waals surface area contributed by atoms with Gasteiger partial charge in [-0.3, -0.25) is 0 Å². The van der Waals surface area contributed by atoms with Crippen LogP contribution in [0.2, 0.25) is 0 Å². The van der Waals surface area contributed by atoms with E-state index in [1.54, 1.807) is 7.11 Å². The average Bonchev–Trinajstić information content (AvgIpc) is 3.17. The number of aromatic hydroxyl groups is 2. The van der Waals surface area contributed by atoms with E-state index >= 15 is 0 Å². The van der Waals surface area contributed by atoms with E-state index in [9.17, 15) is 10.2 Å². The molecule has 0 aromatic heterocycles. The van der Waals surface area contributed by atoms with Crippen molar-refractivity contribution < 1.29 is 14.9 Å². The predicted molar refractivity (Wildman–Crippen MR) is 264 cm³/mol. The van der Waals surface area contributed by atoms with Gasteiger partial charge in [0.25, 0.3) is 0 Å². The summed E-state index contributed by atoms with van der Waals surface area (Å²) in [7, 11) is 1.02. The smallest absolute Gasteiger partial charge is 0.131 e. The largest absolute Gasteiger partial charge is 0.507 e. The maximum atomic E-state index is 12.8. The minimum atomic E-state index is -0.752. The second-order valence-electron chi connectivity index (χ2n) is 19.5. The number of hydrogen-bond acceptors (Lipinski definition) is 3. The molecule has 60 heavy (non-hydrogen) atoms. The van der Waals surface area contributed by atoms with E-state index in [0.717, 1.165) is 73.8 Å². The zero-order chi connectivity index (χ0) is 44.5. The van der Waals surface area contributed by atoms with Gasteiger partial charge in [0.2, 0.25) is 0 Å². The standard InChI is InChI=1S/C56H75O3P/c1-31(2)40-27-42(33(5)6)52(43(28-40)34(7)8)50-25-37(13)21-46(54(50)57)48-23-39(15)24-49(56(48)60(17)20-18-19-59-16)47-22-38(14)26-51(55(47)58)53-44(35(9)10)29-41(32(3)4)30-45(53)36(11)12/h21-36,57-58H,18-20H2,1-17H3. The van der Waals surface area contributed by atoms with Gasteiger partial charge in [-0.05, 0) is 177 Å². The van der Waals surface area contributed by atoms with Crippen molar-refractivity contribution in [1.82, 2.24) is 0 Å². The molecule has 322 valence electrons. The van der Waals surface area contributed by atoms with E-state index in [1.807, 2.05) is 0 Å². The van der Waals surface area contributed by atoms with Crippen molar-refractivity contribution in [3.63, 3.8) is 0 Å². The molecule has 5 aromatic carbocycles. The highest BCUT2D eigenvalue weighted by atomic mass is 31.1. The molecule has 5 rings (SSSR count). The molecule has 2 N–H and O–H groups in total. The molecule has 0 radical (unpaired) electrons. The maximum absolute atomic E-state index is 12.8. The maximum Gasteiger partial charge on any atom is 0.131 e. The van der Waals surface area contributed by atoms with Crippen LogP contribution in [0.1, 0.15) is 175 Å². The number of aryl methyl sites for hydroxylation is 3. The Bertz CT molecular complexity index is 2110. The highest BCUT2D eigenvalue weighted by Gasteiger charge is 2.28. The van der Waals surface area contributed by atoms with Crippen molar-refractivity contribution in [2.45, 2.75) is 146 Å². The summed E-state index contributed by atoms with van der Waals surface area (Å²) in [4.78, 5) is 0. The number of phenolic OH excluding ortho intramolecular Hbond substituents is 2. The molecule has 1 atom stereocenters. The monoisotopic (exact) mass is 827 g/mol. The van der Waals surface area contributed by atoms with Crippen LogP contribution in [0.5, 0.6) is 11.5 Å². The lowest BCUT2D eigenvalue weighted by atomic mass is 9.80. The second kappa shape index (κ2) is 19.4. The summed E-state index contributed by atoms with van der Waals surface area (Å²) in [5.74, 6) is 2.55. The quantitative estimate of drug-likeness (QED) is 0.0816. The first-order valence-corrected chi connectivity index (χ1v) is 24.5. The van der Waals surface area contributed by atoms with E-state index in [4.69, 9.17) is 4.74 Å².